The third kappa shape index (κ3) is 2.74. The molecule has 1 saturated heterocycles. The van der Waals surface area contributed by atoms with Gasteiger partial charge in [0, 0.05) is 36.2 Å². The Kier molecular flexibility index (Phi) is 3.89. The Bertz CT molecular complexity index is 1190. The van der Waals surface area contributed by atoms with Crippen LogP contribution in [0.25, 0.3) is 22.1 Å². The summed E-state index contributed by atoms with van der Waals surface area (Å²) in [5, 5.41) is 0.713. The highest BCUT2D eigenvalue weighted by molar-refractivity contribution is 5.98. The van der Waals surface area contributed by atoms with Crippen LogP contribution in [0.2, 0.25) is 0 Å². The van der Waals surface area contributed by atoms with Gasteiger partial charge in [-0.1, -0.05) is 0 Å². The van der Waals surface area contributed by atoms with E-state index in [0.29, 0.717) is 24.2 Å². The number of aromatic nitrogens is 4. The van der Waals surface area contributed by atoms with Gasteiger partial charge in [0.1, 0.15) is 22.9 Å². The van der Waals surface area contributed by atoms with Crippen molar-refractivity contribution in [2.45, 2.75) is 25.8 Å². The van der Waals surface area contributed by atoms with Gasteiger partial charge in [-0.3, -0.25) is 4.79 Å². The normalized spacial score (nSPS) is 15.6. The SMILES string of the molecule is Cc1nc2cccnc2n1C1CCN(C(=O)c2cc3cc(F)ccc3[nH]2)CC1. The van der Waals surface area contributed by atoms with E-state index in [9.17, 15) is 9.18 Å². The minimum absolute atomic E-state index is 0.0413. The predicted octanol–water partition coefficient (Wildman–Crippen LogP) is 3.84. The number of aromatic amines is 1. The minimum atomic E-state index is -0.303. The molecule has 0 bridgehead atoms. The van der Waals surface area contributed by atoms with Gasteiger partial charge in [0.05, 0.1) is 0 Å². The zero-order chi connectivity index (χ0) is 19.3. The van der Waals surface area contributed by atoms with Crippen LogP contribution in [0.1, 0.15) is 35.2 Å². The molecular formula is C21H20FN5O. The maximum atomic E-state index is 13.4. The van der Waals surface area contributed by atoms with E-state index >= 15 is 0 Å². The van der Waals surface area contributed by atoms with Gasteiger partial charge >= 0.3 is 0 Å². The van der Waals surface area contributed by atoms with Gasteiger partial charge in [0.25, 0.3) is 5.91 Å². The first-order valence-corrected chi connectivity index (χ1v) is 9.47. The molecule has 1 aliphatic heterocycles. The Morgan fingerprint density at radius 1 is 1.21 bits per heavy atom. The molecule has 1 fully saturated rings. The molecule has 1 aromatic carbocycles. The number of imidazole rings is 1. The van der Waals surface area contributed by atoms with Crippen molar-refractivity contribution in [1.29, 1.82) is 0 Å². The fourth-order valence-corrected chi connectivity index (χ4v) is 4.20. The van der Waals surface area contributed by atoms with E-state index in [2.05, 4.69) is 19.5 Å². The van der Waals surface area contributed by atoms with Gasteiger partial charge in [0.15, 0.2) is 5.65 Å². The van der Waals surface area contributed by atoms with Gasteiger partial charge in [-0.15, -0.1) is 0 Å². The molecule has 5 rings (SSSR count). The monoisotopic (exact) mass is 377 g/mol. The number of pyridine rings is 1. The quantitative estimate of drug-likeness (QED) is 0.577. The summed E-state index contributed by atoms with van der Waals surface area (Å²) in [5.41, 5.74) is 3.09. The van der Waals surface area contributed by atoms with Crippen molar-refractivity contribution in [3.63, 3.8) is 0 Å². The number of carbonyl (C=O) groups excluding carboxylic acids is 1. The second-order valence-electron chi connectivity index (χ2n) is 7.31. The molecule has 0 saturated carbocycles. The van der Waals surface area contributed by atoms with Crippen LogP contribution in [0.4, 0.5) is 4.39 Å². The van der Waals surface area contributed by atoms with Crippen molar-refractivity contribution < 1.29 is 9.18 Å². The Balaban J connectivity index is 1.34. The van der Waals surface area contributed by atoms with Crippen LogP contribution >= 0.6 is 0 Å². The Morgan fingerprint density at radius 2 is 2.04 bits per heavy atom. The zero-order valence-corrected chi connectivity index (χ0v) is 15.5. The Labute approximate surface area is 161 Å². The van der Waals surface area contributed by atoms with E-state index in [0.717, 1.165) is 35.3 Å². The van der Waals surface area contributed by atoms with Crippen molar-refractivity contribution in [3.8, 4) is 0 Å². The van der Waals surface area contributed by atoms with Crippen molar-refractivity contribution >= 4 is 28.0 Å². The molecular weight excluding hydrogens is 357 g/mol. The number of rotatable bonds is 2. The first-order valence-electron chi connectivity index (χ1n) is 9.47. The van der Waals surface area contributed by atoms with Gasteiger partial charge < -0.3 is 14.5 Å². The van der Waals surface area contributed by atoms with E-state index in [1.54, 1.807) is 18.3 Å². The Morgan fingerprint density at radius 3 is 2.86 bits per heavy atom. The fourth-order valence-electron chi connectivity index (χ4n) is 4.20. The molecule has 7 heteroatoms. The van der Waals surface area contributed by atoms with Gasteiger partial charge in [-0.05, 0) is 56.2 Å². The molecule has 4 aromatic rings. The highest BCUT2D eigenvalue weighted by Gasteiger charge is 2.27. The number of halogens is 1. The van der Waals surface area contributed by atoms with Crippen molar-refractivity contribution in [2.75, 3.05) is 13.1 Å². The van der Waals surface area contributed by atoms with E-state index in [4.69, 9.17) is 0 Å². The largest absolute Gasteiger partial charge is 0.351 e. The van der Waals surface area contributed by atoms with E-state index < -0.39 is 0 Å². The van der Waals surface area contributed by atoms with Crippen LogP contribution in [0, 0.1) is 12.7 Å². The first kappa shape index (κ1) is 16.9. The average Bonchev–Trinajstić information content (AvgIpc) is 3.27. The molecule has 6 nitrogen and oxygen atoms in total. The number of benzene rings is 1. The number of nitrogens with zero attached hydrogens (tertiary/aromatic N) is 4. The molecule has 1 N–H and O–H groups in total. The highest BCUT2D eigenvalue weighted by atomic mass is 19.1. The molecule has 0 unspecified atom stereocenters. The third-order valence-electron chi connectivity index (χ3n) is 5.56. The summed E-state index contributed by atoms with van der Waals surface area (Å²) in [6.07, 6.45) is 3.49. The Hall–Kier alpha value is -3.22. The number of H-pyrrole nitrogens is 1. The minimum Gasteiger partial charge on any atom is -0.351 e. The van der Waals surface area contributed by atoms with Gasteiger partial charge in [-0.25, -0.2) is 14.4 Å². The van der Waals surface area contributed by atoms with Crippen molar-refractivity contribution in [3.05, 3.63) is 59.9 Å². The standard InChI is InChI=1S/C21H20FN5O/c1-13-24-18-3-2-8-23-20(18)27(13)16-6-9-26(10-7-16)21(28)19-12-14-11-15(22)4-5-17(14)25-19/h2-5,8,11-12,16,25H,6-7,9-10H2,1H3. The molecule has 0 atom stereocenters. The smallest absolute Gasteiger partial charge is 0.270 e. The van der Waals surface area contributed by atoms with Gasteiger partial charge in [0.2, 0.25) is 0 Å². The molecule has 0 spiro atoms. The predicted molar refractivity (Wildman–Crippen MR) is 105 cm³/mol. The number of hydrogen-bond donors (Lipinski definition) is 1. The number of hydrogen-bond acceptors (Lipinski definition) is 3. The lowest BCUT2D eigenvalue weighted by Gasteiger charge is -2.33. The topological polar surface area (TPSA) is 66.8 Å². The van der Waals surface area contributed by atoms with Crippen LogP contribution in [-0.4, -0.2) is 43.4 Å². The van der Waals surface area contributed by atoms with Crippen LogP contribution < -0.4 is 0 Å². The summed E-state index contributed by atoms with van der Waals surface area (Å²) in [7, 11) is 0. The summed E-state index contributed by atoms with van der Waals surface area (Å²) in [6.45, 7) is 3.33. The lowest BCUT2D eigenvalue weighted by Crippen LogP contribution is -2.39. The zero-order valence-electron chi connectivity index (χ0n) is 15.5. The van der Waals surface area contributed by atoms with E-state index in [1.165, 1.54) is 12.1 Å². The van der Waals surface area contributed by atoms with Crippen LogP contribution in [0.3, 0.4) is 0 Å². The third-order valence-corrected chi connectivity index (χ3v) is 5.56. The van der Waals surface area contributed by atoms with Crippen molar-refractivity contribution in [2.24, 2.45) is 0 Å². The maximum Gasteiger partial charge on any atom is 0.270 e. The van der Waals surface area contributed by atoms with Crippen molar-refractivity contribution in [1.82, 2.24) is 24.4 Å². The molecule has 3 aromatic heterocycles. The number of carbonyl (C=O) groups is 1. The molecule has 1 amide bonds. The number of amides is 1. The van der Waals surface area contributed by atoms with E-state index in [-0.39, 0.29) is 17.8 Å². The summed E-state index contributed by atoms with van der Waals surface area (Å²) >= 11 is 0. The molecule has 1 aliphatic rings. The number of piperidine rings is 1. The summed E-state index contributed by atoms with van der Waals surface area (Å²) in [4.78, 5) is 27.0. The second-order valence-corrected chi connectivity index (χ2v) is 7.31. The molecule has 142 valence electrons. The maximum absolute atomic E-state index is 13.4. The molecule has 0 radical (unpaired) electrons. The lowest BCUT2D eigenvalue weighted by molar-refractivity contribution is 0.0690. The first-order chi connectivity index (χ1) is 13.6. The number of fused-ring (bicyclic) bond motifs is 2. The van der Waals surface area contributed by atoms with Gasteiger partial charge in [-0.2, -0.15) is 0 Å². The average molecular weight is 377 g/mol. The van der Waals surface area contributed by atoms with Crippen LogP contribution in [0.15, 0.2) is 42.6 Å². The summed E-state index contributed by atoms with van der Waals surface area (Å²) < 4.78 is 15.6. The van der Waals surface area contributed by atoms with Crippen LogP contribution in [0.5, 0.6) is 0 Å². The molecule has 28 heavy (non-hydrogen) atoms. The van der Waals surface area contributed by atoms with Crippen LogP contribution in [-0.2, 0) is 0 Å². The number of aryl methyl sites for hydroxylation is 1. The lowest BCUT2D eigenvalue weighted by atomic mass is 10.0. The van der Waals surface area contributed by atoms with E-state index in [1.807, 2.05) is 24.0 Å². The number of likely N-dealkylation sites (tertiary alicyclic amines) is 1. The molecule has 0 aliphatic carbocycles. The second kappa shape index (κ2) is 6.44. The summed E-state index contributed by atoms with van der Waals surface area (Å²) in [6, 6.07) is 10.4. The highest BCUT2D eigenvalue weighted by Crippen LogP contribution is 2.28. The molecule has 4 heterocycles. The summed E-state index contributed by atoms with van der Waals surface area (Å²) in [5.74, 6) is 0.611. The number of nitrogens with one attached hydrogen (secondary N) is 1. The fraction of sp³-hybridized carbons (Fsp3) is 0.286.